The predicted molar refractivity (Wildman–Crippen MR) is 233 cm³/mol. The van der Waals surface area contributed by atoms with Gasteiger partial charge in [-0.2, -0.15) is 0 Å². The van der Waals surface area contributed by atoms with E-state index in [1.54, 1.807) is 0 Å². The highest BCUT2D eigenvalue weighted by Crippen LogP contribution is 2.10. The zero-order chi connectivity index (χ0) is 40.1. The average molecular weight is 761 g/mol. The van der Waals surface area contributed by atoms with Crippen LogP contribution in [0.2, 0.25) is 0 Å². The predicted octanol–water partition coefficient (Wildman–Crippen LogP) is 13.6. The summed E-state index contributed by atoms with van der Waals surface area (Å²) in [4.78, 5) is 37.6. The smallest absolute Gasteiger partial charge is 0.306 e. The lowest BCUT2D eigenvalue weighted by atomic mass is 10.1. The van der Waals surface area contributed by atoms with E-state index < -0.39 is 12.1 Å². The highest BCUT2D eigenvalue weighted by molar-refractivity contribution is 5.71. The number of ether oxygens (including phenoxy) is 3. The van der Waals surface area contributed by atoms with Gasteiger partial charge in [-0.25, -0.2) is 0 Å². The summed E-state index contributed by atoms with van der Waals surface area (Å²) in [6, 6.07) is 0. The first kappa shape index (κ1) is 51.1. The van der Waals surface area contributed by atoms with Crippen LogP contribution in [-0.4, -0.2) is 37.2 Å². The largest absolute Gasteiger partial charge is 0.462 e. The molecule has 308 valence electrons. The molecule has 0 aromatic heterocycles. The van der Waals surface area contributed by atoms with Crippen molar-refractivity contribution in [2.45, 2.75) is 168 Å². The SMILES string of the molecule is CC\C=C/C=C\C=C/C=C\C=C/CCCCCC(=O)OCC(COC(=O)CCCC/C=C\C/C=C\CC)OC(=O)CC/C=C\C/C=C\CCCCCCCC. The molecule has 1 atom stereocenters. The molecule has 1 unspecified atom stereocenters. The first-order valence-electron chi connectivity index (χ1n) is 21.5. The van der Waals surface area contributed by atoms with Gasteiger partial charge < -0.3 is 14.2 Å². The molecule has 0 amide bonds. The molecule has 0 saturated carbocycles. The quantitative estimate of drug-likeness (QED) is 0.0208. The molecule has 0 radical (unpaired) electrons. The lowest BCUT2D eigenvalue weighted by Gasteiger charge is -2.18. The van der Waals surface area contributed by atoms with Crippen molar-refractivity contribution in [1.82, 2.24) is 0 Å². The van der Waals surface area contributed by atoms with E-state index in [-0.39, 0.29) is 38.0 Å². The summed E-state index contributed by atoms with van der Waals surface area (Å²) >= 11 is 0. The van der Waals surface area contributed by atoms with Crippen molar-refractivity contribution in [2.75, 3.05) is 13.2 Å². The molecule has 0 aromatic rings. The van der Waals surface area contributed by atoms with E-state index in [1.807, 2.05) is 54.7 Å². The zero-order valence-electron chi connectivity index (χ0n) is 34.9. The Morgan fingerprint density at radius 1 is 0.400 bits per heavy atom. The van der Waals surface area contributed by atoms with Gasteiger partial charge >= 0.3 is 17.9 Å². The maximum absolute atomic E-state index is 12.6. The third kappa shape index (κ3) is 41.1. The Hall–Kier alpha value is -3.93. The van der Waals surface area contributed by atoms with Crippen molar-refractivity contribution in [1.29, 1.82) is 0 Å². The van der Waals surface area contributed by atoms with Gasteiger partial charge in [-0.3, -0.25) is 14.4 Å². The fourth-order valence-electron chi connectivity index (χ4n) is 5.20. The van der Waals surface area contributed by atoms with E-state index in [0.717, 1.165) is 64.2 Å². The average Bonchev–Trinajstić information content (AvgIpc) is 3.18. The molecular weight excluding hydrogens is 685 g/mol. The summed E-state index contributed by atoms with van der Waals surface area (Å²) in [6.45, 7) is 6.20. The molecule has 0 aliphatic rings. The van der Waals surface area contributed by atoms with Gasteiger partial charge in [0.05, 0.1) is 0 Å². The topological polar surface area (TPSA) is 78.9 Å². The van der Waals surface area contributed by atoms with E-state index in [2.05, 4.69) is 75.5 Å². The fourth-order valence-corrected chi connectivity index (χ4v) is 5.20. The van der Waals surface area contributed by atoms with E-state index in [9.17, 15) is 14.4 Å². The van der Waals surface area contributed by atoms with Crippen molar-refractivity contribution in [3.63, 3.8) is 0 Å². The number of rotatable bonds is 36. The number of esters is 3. The van der Waals surface area contributed by atoms with E-state index in [1.165, 1.54) is 38.5 Å². The number of hydrogen-bond acceptors (Lipinski definition) is 6. The number of hydrogen-bond donors (Lipinski definition) is 0. The van der Waals surface area contributed by atoms with Crippen LogP contribution in [0.25, 0.3) is 0 Å². The van der Waals surface area contributed by atoms with Gasteiger partial charge in [0, 0.05) is 19.3 Å². The van der Waals surface area contributed by atoms with Crippen LogP contribution >= 0.6 is 0 Å². The Kier molecular flexibility index (Phi) is 39.7. The Bertz CT molecular complexity index is 1200. The molecule has 6 nitrogen and oxygen atoms in total. The van der Waals surface area contributed by atoms with Gasteiger partial charge in [0.15, 0.2) is 6.10 Å². The van der Waals surface area contributed by atoms with Gasteiger partial charge in [-0.15, -0.1) is 0 Å². The van der Waals surface area contributed by atoms with Crippen LogP contribution in [0.1, 0.15) is 162 Å². The van der Waals surface area contributed by atoms with Crippen molar-refractivity contribution >= 4 is 17.9 Å². The minimum atomic E-state index is -0.838. The lowest BCUT2D eigenvalue weighted by Crippen LogP contribution is -2.30. The standard InChI is InChI=1S/C49H76O6/c1-4-7-10-13-16-19-21-23-24-26-27-30-33-36-39-42-48(51)54-45-46(44-53-47(50)41-38-35-32-29-18-15-12-9-6-3)55-49(52)43-40-37-34-31-28-25-22-20-17-14-11-8-5-2/h7,9-10,12-13,16,18-19,21,23-29,34,37,46H,4-6,8,11,14-15,17,20,22,30-33,35-36,38-45H2,1-3H3/b10-7-,12-9-,16-13-,21-19-,24-23-,27-26-,28-25-,29-18-,37-34-. The molecule has 0 heterocycles. The first-order valence-corrected chi connectivity index (χ1v) is 21.5. The van der Waals surface area contributed by atoms with E-state index in [4.69, 9.17) is 14.2 Å². The van der Waals surface area contributed by atoms with Crippen LogP contribution in [0.4, 0.5) is 0 Å². The van der Waals surface area contributed by atoms with Gasteiger partial charge in [0.1, 0.15) is 13.2 Å². The van der Waals surface area contributed by atoms with E-state index in [0.29, 0.717) is 25.7 Å². The summed E-state index contributed by atoms with van der Waals surface area (Å²) < 4.78 is 16.5. The van der Waals surface area contributed by atoms with Gasteiger partial charge in [0.25, 0.3) is 0 Å². The summed E-state index contributed by atoms with van der Waals surface area (Å²) in [5, 5.41) is 0. The third-order valence-electron chi connectivity index (χ3n) is 8.38. The monoisotopic (exact) mass is 761 g/mol. The maximum atomic E-state index is 12.6. The molecular formula is C49H76O6. The Morgan fingerprint density at radius 3 is 1.42 bits per heavy atom. The molecule has 6 heteroatoms. The van der Waals surface area contributed by atoms with E-state index >= 15 is 0 Å². The molecule has 0 N–H and O–H groups in total. The minimum absolute atomic E-state index is 0.135. The van der Waals surface area contributed by atoms with Crippen molar-refractivity contribution in [3.8, 4) is 0 Å². The molecule has 55 heavy (non-hydrogen) atoms. The zero-order valence-corrected chi connectivity index (χ0v) is 34.9. The molecule has 0 spiro atoms. The summed E-state index contributed by atoms with van der Waals surface area (Å²) in [5.41, 5.74) is 0. The van der Waals surface area contributed by atoms with Crippen LogP contribution in [0.15, 0.2) is 109 Å². The Morgan fingerprint density at radius 2 is 0.836 bits per heavy atom. The second-order valence-corrected chi connectivity index (χ2v) is 13.6. The third-order valence-corrected chi connectivity index (χ3v) is 8.38. The second-order valence-electron chi connectivity index (χ2n) is 13.6. The Balaban J connectivity index is 4.59. The summed E-state index contributed by atoms with van der Waals surface area (Å²) in [5.74, 6) is -1.09. The highest BCUT2D eigenvalue weighted by atomic mass is 16.6. The van der Waals surface area contributed by atoms with Crippen molar-refractivity contribution < 1.29 is 28.6 Å². The normalized spacial score (nSPS) is 13.1. The van der Waals surface area contributed by atoms with Gasteiger partial charge in [-0.05, 0) is 83.5 Å². The molecule has 0 aliphatic heterocycles. The molecule has 0 saturated heterocycles. The molecule has 0 aromatic carbocycles. The van der Waals surface area contributed by atoms with Gasteiger partial charge in [-0.1, -0.05) is 169 Å². The van der Waals surface area contributed by atoms with Gasteiger partial charge in [0.2, 0.25) is 0 Å². The number of carbonyl (C=O) groups is 3. The first-order chi connectivity index (χ1) is 27.0. The highest BCUT2D eigenvalue weighted by Gasteiger charge is 2.19. The lowest BCUT2D eigenvalue weighted by molar-refractivity contribution is -0.166. The van der Waals surface area contributed by atoms with Crippen LogP contribution in [0.5, 0.6) is 0 Å². The second kappa shape index (κ2) is 42.8. The maximum Gasteiger partial charge on any atom is 0.306 e. The fraction of sp³-hybridized carbons (Fsp3) is 0.571. The number of unbranched alkanes of at least 4 members (excludes halogenated alkanes) is 11. The molecule has 0 fully saturated rings. The van der Waals surface area contributed by atoms with Crippen molar-refractivity contribution in [2.24, 2.45) is 0 Å². The van der Waals surface area contributed by atoms with Crippen LogP contribution in [-0.2, 0) is 28.6 Å². The minimum Gasteiger partial charge on any atom is -0.462 e. The number of allylic oxidation sites excluding steroid dienone is 18. The molecule has 0 bridgehead atoms. The summed E-state index contributed by atoms with van der Waals surface area (Å²) in [6.07, 6.45) is 56.7. The van der Waals surface area contributed by atoms with Crippen LogP contribution < -0.4 is 0 Å². The van der Waals surface area contributed by atoms with Crippen LogP contribution in [0, 0.1) is 0 Å². The Labute approximate surface area is 336 Å². The summed E-state index contributed by atoms with van der Waals surface area (Å²) in [7, 11) is 0. The number of carbonyl (C=O) groups excluding carboxylic acids is 3. The molecule has 0 aliphatic carbocycles. The van der Waals surface area contributed by atoms with Crippen molar-refractivity contribution in [3.05, 3.63) is 109 Å². The molecule has 0 rings (SSSR count). The van der Waals surface area contributed by atoms with Crippen LogP contribution in [0.3, 0.4) is 0 Å².